The molecule has 0 unspecified atom stereocenters. The number of hydrogen-bond acceptors (Lipinski definition) is 5. The molecule has 2 heterocycles. The van der Waals surface area contributed by atoms with Crippen LogP contribution >= 0.6 is 0 Å². The summed E-state index contributed by atoms with van der Waals surface area (Å²) in [6.07, 6.45) is 2.36. The van der Waals surface area contributed by atoms with E-state index in [9.17, 15) is 19.5 Å². The van der Waals surface area contributed by atoms with E-state index < -0.39 is 11.9 Å². The highest BCUT2D eigenvalue weighted by molar-refractivity contribution is 6.07. The third-order valence-electron chi connectivity index (χ3n) is 7.83. The zero-order chi connectivity index (χ0) is 26.2. The Morgan fingerprint density at radius 2 is 1.50 bits per heavy atom. The lowest BCUT2D eigenvalue weighted by Gasteiger charge is -2.42. The molecule has 0 amide bonds. The number of carbonyl (C=O) groups excluding carboxylic acids is 2. The smallest absolute Gasteiger partial charge is 0.303 e. The fraction of sp³-hybridized carbons (Fsp3) is 0.500. The van der Waals surface area contributed by atoms with Crippen LogP contribution in [0.2, 0.25) is 0 Å². The second-order valence-electron chi connectivity index (χ2n) is 12.3. The van der Waals surface area contributed by atoms with Crippen molar-refractivity contribution >= 4 is 28.5 Å². The highest BCUT2D eigenvalue weighted by Crippen LogP contribution is 2.54. The molecular formula is C30H34O6. The number of allylic oxidation sites excluding steroid dienone is 4. The third kappa shape index (κ3) is 4.10. The maximum Gasteiger partial charge on any atom is 0.303 e. The van der Waals surface area contributed by atoms with E-state index in [4.69, 9.17) is 9.15 Å². The molecular weight excluding hydrogens is 456 g/mol. The number of ketones is 2. The van der Waals surface area contributed by atoms with E-state index in [1.54, 1.807) is 0 Å². The van der Waals surface area contributed by atoms with Crippen LogP contribution in [0.4, 0.5) is 0 Å². The van der Waals surface area contributed by atoms with Gasteiger partial charge in [-0.2, -0.15) is 0 Å². The monoisotopic (exact) mass is 490 g/mol. The van der Waals surface area contributed by atoms with Gasteiger partial charge >= 0.3 is 5.97 Å². The lowest BCUT2D eigenvalue weighted by molar-refractivity contribution is -0.137. The van der Waals surface area contributed by atoms with Crippen molar-refractivity contribution in [3.63, 3.8) is 0 Å². The molecule has 0 fully saturated rings. The molecule has 0 spiro atoms. The predicted octanol–water partition coefficient (Wildman–Crippen LogP) is 6.47. The molecule has 0 saturated carbocycles. The zero-order valence-corrected chi connectivity index (χ0v) is 22.0. The van der Waals surface area contributed by atoms with Crippen LogP contribution in [-0.2, 0) is 25.5 Å². The summed E-state index contributed by atoms with van der Waals surface area (Å²) in [6, 6.07) is 3.93. The summed E-state index contributed by atoms with van der Waals surface area (Å²) in [5.41, 5.74) is 3.93. The third-order valence-corrected chi connectivity index (χ3v) is 7.83. The largest absolute Gasteiger partial charge is 0.481 e. The SMILES string of the molecule is Cc1cc2c(C)c(CCC(=O)O)cc(C3C4=C(CC(C)(C)CC4=O)OC4=C3C(=O)CC(C)(C)C4)c2o1. The number of benzene rings is 1. The van der Waals surface area contributed by atoms with Crippen LogP contribution < -0.4 is 0 Å². The minimum Gasteiger partial charge on any atom is -0.481 e. The molecule has 36 heavy (non-hydrogen) atoms. The maximum absolute atomic E-state index is 13.7. The number of furan rings is 1. The van der Waals surface area contributed by atoms with Crippen LogP contribution in [0.25, 0.3) is 11.0 Å². The Kier molecular flexibility index (Phi) is 5.58. The van der Waals surface area contributed by atoms with E-state index in [2.05, 4.69) is 27.7 Å². The van der Waals surface area contributed by atoms with Gasteiger partial charge in [0, 0.05) is 54.2 Å². The number of carboxylic acids is 1. The van der Waals surface area contributed by atoms with Crippen LogP contribution in [0.1, 0.15) is 88.2 Å². The molecule has 6 heteroatoms. The molecule has 1 aromatic carbocycles. The van der Waals surface area contributed by atoms with Crippen molar-refractivity contribution in [2.45, 2.75) is 86.0 Å². The second-order valence-corrected chi connectivity index (χ2v) is 12.3. The van der Waals surface area contributed by atoms with E-state index in [1.807, 2.05) is 26.0 Å². The number of carbonyl (C=O) groups is 3. The summed E-state index contributed by atoms with van der Waals surface area (Å²) in [5, 5.41) is 10.2. The molecule has 1 N–H and O–H groups in total. The van der Waals surface area contributed by atoms with Crippen LogP contribution in [0, 0.1) is 24.7 Å². The standard InChI is InChI=1S/C30H34O6/c1-15-9-18-16(2)17(7-8-24(33)34)10-19(28(18)35-15)25-26-20(31)11-29(3,4)13-22(26)36-23-14-30(5,6)12-21(32)27(23)25/h9-10,25H,7-8,11-14H2,1-6H3,(H,33,34). The average molecular weight is 491 g/mol. The molecule has 5 rings (SSSR count). The molecule has 0 saturated heterocycles. The molecule has 190 valence electrons. The van der Waals surface area contributed by atoms with Crippen molar-refractivity contribution in [3.05, 3.63) is 57.2 Å². The van der Waals surface area contributed by atoms with E-state index in [0.29, 0.717) is 60.4 Å². The minimum atomic E-state index is -0.866. The average Bonchev–Trinajstić information content (AvgIpc) is 3.12. The molecule has 6 nitrogen and oxygen atoms in total. The van der Waals surface area contributed by atoms with Gasteiger partial charge in [0.15, 0.2) is 11.6 Å². The van der Waals surface area contributed by atoms with E-state index in [0.717, 1.165) is 27.8 Å². The van der Waals surface area contributed by atoms with Crippen molar-refractivity contribution in [1.82, 2.24) is 0 Å². The zero-order valence-electron chi connectivity index (χ0n) is 22.0. The Labute approximate surface area is 211 Å². The summed E-state index contributed by atoms with van der Waals surface area (Å²) in [7, 11) is 0. The summed E-state index contributed by atoms with van der Waals surface area (Å²) in [5.74, 6) is 0.610. The van der Waals surface area contributed by atoms with Crippen LogP contribution in [-0.4, -0.2) is 22.6 Å². The minimum absolute atomic E-state index is 0.000442. The van der Waals surface area contributed by atoms with Gasteiger partial charge in [0.25, 0.3) is 0 Å². The molecule has 1 aliphatic heterocycles. The van der Waals surface area contributed by atoms with Crippen molar-refractivity contribution in [3.8, 4) is 0 Å². The van der Waals surface area contributed by atoms with E-state index >= 15 is 0 Å². The number of aryl methyl sites for hydroxylation is 3. The fourth-order valence-corrected chi connectivity index (χ4v) is 6.24. The molecule has 0 atom stereocenters. The number of Topliss-reactive ketones (excluding diaryl/α,β-unsaturated/α-hetero) is 2. The molecule has 0 bridgehead atoms. The van der Waals surface area contributed by atoms with Gasteiger partial charge in [0.1, 0.15) is 22.9 Å². The summed E-state index contributed by atoms with van der Waals surface area (Å²) in [6.45, 7) is 12.1. The summed E-state index contributed by atoms with van der Waals surface area (Å²) in [4.78, 5) is 38.7. The Hall–Kier alpha value is -3.15. The summed E-state index contributed by atoms with van der Waals surface area (Å²) >= 11 is 0. The number of fused-ring (bicyclic) bond motifs is 1. The molecule has 0 radical (unpaired) electrons. The lowest BCUT2D eigenvalue weighted by Crippen LogP contribution is -2.37. The number of aliphatic carboxylic acids is 1. The highest BCUT2D eigenvalue weighted by Gasteiger charge is 2.48. The van der Waals surface area contributed by atoms with E-state index in [1.165, 1.54) is 0 Å². The number of hydrogen-bond donors (Lipinski definition) is 1. The Balaban J connectivity index is 1.79. The van der Waals surface area contributed by atoms with E-state index in [-0.39, 0.29) is 28.8 Å². The quantitative estimate of drug-likeness (QED) is 0.528. The van der Waals surface area contributed by atoms with Gasteiger partial charge in [-0.15, -0.1) is 0 Å². The van der Waals surface area contributed by atoms with Crippen LogP contribution in [0.3, 0.4) is 0 Å². The van der Waals surface area contributed by atoms with Gasteiger partial charge in [-0.1, -0.05) is 33.8 Å². The lowest BCUT2D eigenvalue weighted by atomic mass is 9.65. The van der Waals surface area contributed by atoms with Gasteiger partial charge in [-0.05, 0) is 48.3 Å². The first kappa shape index (κ1) is 24.5. The van der Waals surface area contributed by atoms with Crippen molar-refractivity contribution in [1.29, 1.82) is 0 Å². The summed E-state index contributed by atoms with van der Waals surface area (Å²) < 4.78 is 12.6. The second kappa shape index (κ2) is 8.19. The van der Waals surface area contributed by atoms with Crippen LogP contribution in [0.5, 0.6) is 0 Å². The van der Waals surface area contributed by atoms with Gasteiger partial charge in [-0.3, -0.25) is 14.4 Å². The molecule has 1 aromatic heterocycles. The topological polar surface area (TPSA) is 93.8 Å². The van der Waals surface area contributed by atoms with Crippen LogP contribution in [0.15, 0.2) is 39.2 Å². The van der Waals surface area contributed by atoms with Gasteiger partial charge in [0.05, 0.1) is 5.92 Å². The van der Waals surface area contributed by atoms with Gasteiger partial charge in [-0.25, -0.2) is 0 Å². The fourth-order valence-electron chi connectivity index (χ4n) is 6.24. The first-order chi connectivity index (χ1) is 16.8. The number of ether oxygens (including phenoxy) is 1. The van der Waals surface area contributed by atoms with Crippen molar-refractivity contribution < 1.29 is 28.6 Å². The first-order valence-electron chi connectivity index (χ1n) is 12.7. The highest BCUT2D eigenvalue weighted by atomic mass is 16.5. The van der Waals surface area contributed by atoms with Gasteiger partial charge < -0.3 is 14.3 Å². The molecule has 2 aliphatic carbocycles. The molecule has 3 aliphatic rings. The van der Waals surface area contributed by atoms with Crippen molar-refractivity contribution in [2.24, 2.45) is 10.8 Å². The maximum atomic E-state index is 13.7. The van der Waals surface area contributed by atoms with Gasteiger partial charge in [0.2, 0.25) is 0 Å². The number of carboxylic acid groups (broad SMARTS) is 1. The normalized spacial score (nSPS) is 21.5. The Morgan fingerprint density at radius 1 is 0.944 bits per heavy atom. The Morgan fingerprint density at radius 3 is 2.03 bits per heavy atom. The number of rotatable bonds is 4. The molecule has 2 aromatic rings. The predicted molar refractivity (Wildman–Crippen MR) is 136 cm³/mol. The Bertz CT molecular complexity index is 1340. The van der Waals surface area contributed by atoms with Crippen molar-refractivity contribution in [2.75, 3.05) is 0 Å². The first-order valence-corrected chi connectivity index (χ1v) is 12.7.